The number of nitrogen functional groups attached to an aromatic ring is 1. The molecule has 0 heterocycles. The summed E-state index contributed by atoms with van der Waals surface area (Å²) >= 11 is 5.82. The van der Waals surface area contributed by atoms with Crippen LogP contribution in [0.25, 0.3) is 0 Å². The number of nitrogens with zero attached hydrogens (tertiary/aromatic N) is 1. The van der Waals surface area contributed by atoms with Crippen LogP contribution < -0.4 is 5.73 Å². The third-order valence-electron chi connectivity index (χ3n) is 4.15. The smallest absolute Gasteiger partial charge is 0.398 e. The highest BCUT2D eigenvalue weighted by Crippen LogP contribution is 2.37. The first-order valence-electron chi connectivity index (χ1n) is 7.14. The topological polar surface area (TPSA) is 29.3 Å². The highest BCUT2D eigenvalue weighted by Gasteiger charge is 2.34. The van der Waals surface area contributed by atoms with Crippen molar-refractivity contribution in [1.29, 1.82) is 0 Å². The molecule has 1 aliphatic rings. The van der Waals surface area contributed by atoms with E-state index >= 15 is 0 Å². The number of halogens is 4. The van der Waals surface area contributed by atoms with E-state index in [1.54, 1.807) is 0 Å². The fraction of sp³-hybridized carbons (Fsp3) is 0.600. The predicted octanol–water partition coefficient (Wildman–Crippen LogP) is 4.71. The van der Waals surface area contributed by atoms with Gasteiger partial charge in [-0.3, -0.25) is 4.90 Å². The summed E-state index contributed by atoms with van der Waals surface area (Å²) in [6, 6.07) is 2.83. The van der Waals surface area contributed by atoms with Gasteiger partial charge in [-0.25, -0.2) is 0 Å². The second-order valence-electron chi connectivity index (χ2n) is 5.73. The van der Waals surface area contributed by atoms with E-state index in [1.165, 1.54) is 25.3 Å². The van der Waals surface area contributed by atoms with Crippen LogP contribution in [0, 0.1) is 0 Å². The summed E-state index contributed by atoms with van der Waals surface area (Å²) in [4.78, 5) is 2.08. The lowest BCUT2D eigenvalue weighted by molar-refractivity contribution is -0.136. The van der Waals surface area contributed by atoms with Gasteiger partial charge < -0.3 is 5.73 Å². The van der Waals surface area contributed by atoms with Crippen LogP contribution in [-0.2, 0) is 12.7 Å². The fourth-order valence-electron chi connectivity index (χ4n) is 2.96. The van der Waals surface area contributed by atoms with Crippen LogP contribution in [0.2, 0.25) is 5.02 Å². The maximum Gasteiger partial charge on any atom is 0.418 e. The number of rotatable bonds is 3. The van der Waals surface area contributed by atoms with Crippen LogP contribution in [0.5, 0.6) is 0 Å². The van der Waals surface area contributed by atoms with Crippen molar-refractivity contribution in [2.45, 2.75) is 50.9 Å². The number of anilines is 1. The third-order valence-corrected chi connectivity index (χ3v) is 4.37. The minimum Gasteiger partial charge on any atom is -0.398 e. The maximum atomic E-state index is 12.9. The van der Waals surface area contributed by atoms with Gasteiger partial charge in [0.05, 0.1) is 5.56 Å². The summed E-state index contributed by atoms with van der Waals surface area (Å²) in [6.07, 6.45) is 1.28. The molecule has 1 aliphatic carbocycles. The molecule has 1 aromatic rings. The molecule has 1 aromatic carbocycles. The Morgan fingerprint density at radius 2 is 1.86 bits per heavy atom. The zero-order valence-electron chi connectivity index (χ0n) is 12.0. The third kappa shape index (κ3) is 4.04. The Hall–Kier alpha value is -0.940. The predicted molar refractivity (Wildman–Crippen MR) is 79.2 cm³/mol. The molecule has 1 saturated carbocycles. The Bertz CT molecular complexity index is 496. The minimum absolute atomic E-state index is 0.0727. The highest BCUT2D eigenvalue weighted by molar-refractivity contribution is 6.30. The Morgan fingerprint density at radius 1 is 1.24 bits per heavy atom. The van der Waals surface area contributed by atoms with Crippen LogP contribution in [0.3, 0.4) is 0 Å². The normalized spacial score (nSPS) is 17.4. The largest absolute Gasteiger partial charge is 0.418 e. The van der Waals surface area contributed by atoms with E-state index in [4.69, 9.17) is 17.3 Å². The first-order chi connectivity index (χ1) is 9.79. The molecule has 6 heteroatoms. The van der Waals surface area contributed by atoms with Crippen molar-refractivity contribution < 1.29 is 13.2 Å². The molecule has 0 aromatic heterocycles. The molecule has 21 heavy (non-hydrogen) atoms. The van der Waals surface area contributed by atoms with E-state index in [0.29, 0.717) is 18.2 Å². The van der Waals surface area contributed by atoms with Gasteiger partial charge in [-0.05, 0) is 37.6 Å². The summed E-state index contributed by atoms with van der Waals surface area (Å²) in [5.74, 6) is 0. The second-order valence-corrected chi connectivity index (χ2v) is 6.17. The molecule has 118 valence electrons. The first-order valence-corrected chi connectivity index (χ1v) is 7.52. The zero-order chi connectivity index (χ0) is 15.6. The van der Waals surface area contributed by atoms with Crippen LogP contribution >= 0.6 is 11.6 Å². The van der Waals surface area contributed by atoms with Gasteiger partial charge in [-0.1, -0.05) is 30.9 Å². The summed E-state index contributed by atoms with van der Waals surface area (Å²) in [5, 5.41) is 0.0727. The number of benzene rings is 1. The second kappa shape index (κ2) is 6.44. The molecular weight excluding hydrogens is 301 g/mol. The Kier molecular flexibility index (Phi) is 5.04. The van der Waals surface area contributed by atoms with Gasteiger partial charge >= 0.3 is 6.18 Å². The molecule has 2 nitrogen and oxygen atoms in total. The molecule has 0 saturated heterocycles. The standard InChI is InChI=1S/C15H20ClF3N2/c1-21(12-5-3-2-4-6-12)9-10-7-11(16)8-13(14(10)20)15(17,18)19/h7-8,12H,2-6,9,20H2,1H3. The van der Waals surface area contributed by atoms with Crippen LogP contribution in [0.15, 0.2) is 12.1 Å². The van der Waals surface area contributed by atoms with E-state index in [-0.39, 0.29) is 10.7 Å². The molecule has 0 bridgehead atoms. The van der Waals surface area contributed by atoms with Gasteiger partial charge in [0.25, 0.3) is 0 Å². The summed E-state index contributed by atoms with van der Waals surface area (Å²) in [7, 11) is 1.93. The maximum absolute atomic E-state index is 12.9. The highest BCUT2D eigenvalue weighted by atomic mass is 35.5. The molecule has 0 amide bonds. The Balaban J connectivity index is 2.21. The van der Waals surface area contributed by atoms with Crippen molar-refractivity contribution >= 4 is 17.3 Å². The van der Waals surface area contributed by atoms with Crippen molar-refractivity contribution in [3.05, 3.63) is 28.3 Å². The van der Waals surface area contributed by atoms with Gasteiger partial charge in [-0.15, -0.1) is 0 Å². The van der Waals surface area contributed by atoms with E-state index in [0.717, 1.165) is 18.9 Å². The van der Waals surface area contributed by atoms with Crippen molar-refractivity contribution in [1.82, 2.24) is 4.90 Å². The molecular formula is C15H20ClF3N2. The lowest BCUT2D eigenvalue weighted by Crippen LogP contribution is -2.33. The number of hydrogen-bond acceptors (Lipinski definition) is 2. The Morgan fingerprint density at radius 3 is 2.43 bits per heavy atom. The van der Waals surface area contributed by atoms with E-state index in [2.05, 4.69) is 4.90 Å². The molecule has 0 aliphatic heterocycles. The molecule has 0 spiro atoms. The van der Waals surface area contributed by atoms with Crippen molar-refractivity contribution in [3.63, 3.8) is 0 Å². The quantitative estimate of drug-likeness (QED) is 0.817. The first kappa shape index (κ1) is 16.4. The van der Waals surface area contributed by atoms with Crippen molar-refractivity contribution in [3.8, 4) is 0 Å². The van der Waals surface area contributed by atoms with E-state index in [9.17, 15) is 13.2 Å². The van der Waals surface area contributed by atoms with Crippen molar-refractivity contribution in [2.75, 3.05) is 12.8 Å². The minimum atomic E-state index is -4.48. The summed E-state index contributed by atoms with van der Waals surface area (Å²) in [6.45, 7) is 0.389. The van der Waals surface area contributed by atoms with E-state index in [1.807, 2.05) is 7.05 Å². The van der Waals surface area contributed by atoms with Gasteiger partial charge in [0.2, 0.25) is 0 Å². The monoisotopic (exact) mass is 320 g/mol. The molecule has 1 fully saturated rings. The van der Waals surface area contributed by atoms with Gasteiger partial charge in [0.15, 0.2) is 0 Å². The fourth-order valence-corrected chi connectivity index (χ4v) is 3.20. The lowest BCUT2D eigenvalue weighted by Gasteiger charge is -2.31. The number of nitrogens with two attached hydrogens (primary N) is 1. The van der Waals surface area contributed by atoms with Crippen LogP contribution in [-0.4, -0.2) is 18.0 Å². The number of alkyl halides is 3. The lowest BCUT2D eigenvalue weighted by atomic mass is 9.94. The van der Waals surface area contributed by atoms with Crippen LogP contribution in [0.4, 0.5) is 18.9 Å². The molecule has 2 N–H and O–H groups in total. The SMILES string of the molecule is CN(Cc1cc(Cl)cc(C(F)(F)F)c1N)C1CCCCC1. The van der Waals surface area contributed by atoms with Crippen molar-refractivity contribution in [2.24, 2.45) is 0 Å². The number of hydrogen-bond donors (Lipinski definition) is 1. The van der Waals surface area contributed by atoms with Crippen LogP contribution in [0.1, 0.15) is 43.2 Å². The molecule has 2 rings (SSSR count). The Labute approximate surface area is 128 Å². The van der Waals surface area contributed by atoms with E-state index < -0.39 is 11.7 Å². The summed E-state index contributed by atoms with van der Waals surface area (Å²) in [5.41, 5.74) is 5.10. The van der Waals surface area contributed by atoms with Gasteiger partial charge in [0, 0.05) is 23.3 Å². The summed E-state index contributed by atoms with van der Waals surface area (Å²) < 4.78 is 38.8. The molecule has 0 unspecified atom stereocenters. The van der Waals surface area contributed by atoms with Gasteiger partial charge in [-0.2, -0.15) is 13.2 Å². The average molecular weight is 321 g/mol. The zero-order valence-corrected chi connectivity index (χ0v) is 12.8. The molecule has 0 atom stereocenters. The average Bonchev–Trinajstić information content (AvgIpc) is 2.42. The molecule has 0 radical (unpaired) electrons. The van der Waals surface area contributed by atoms with Gasteiger partial charge in [0.1, 0.15) is 0 Å².